The highest BCUT2D eigenvalue weighted by molar-refractivity contribution is 7.90. The molecule has 2 N–H and O–H groups in total. The molecular weight excluding hydrogens is 411 g/mol. The Hall–Kier alpha value is -3.08. The van der Waals surface area contributed by atoms with Gasteiger partial charge in [0.05, 0.1) is 4.90 Å². The van der Waals surface area contributed by atoms with Gasteiger partial charge in [-0.3, -0.25) is 14.5 Å². The van der Waals surface area contributed by atoms with E-state index in [2.05, 4.69) is 19.8 Å². The standard InChI is InChI=1S/C18H16F3N3O4S/c19-18(20,21)28-14-8-6-12(7-9-14)17(25)23-13-3-1-4-15(11-13)29(26,27)24-16-5-2-10-22-16/h1,3-4,6-9,11H,2,5,10H2,(H,22,24)(H,23,25). The minimum Gasteiger partial charge on any atom is -0.406 e. The van der Waals surface area contributed by atoms with Gasteiger partial charge in [0.25, 0.3) is 15.9 Å². The molecule has 0 fully saturated rings. The van der Waals surface area contributed by atoms with E-state index >= 15 is 0 Å². The fourth-order valence-electron chi connectivity index (χ4n) is 2.59. The van der Waals surface area contributed by atoms with Gasteiger partial charge in [-0.2, -0.15) is 0 Å². The van der Waals surface area contributed by atoms with E-state index in [9.17, 15) is 26.4 Å². The van der Waals surface area contributed by atoms with Crippen molar-refractivity contribution < 1.29 is 31.1 Å². The first-order valence-electron chi connectivity index (χ1n) is 8.46. The molecule has 0 bridgehead atoms. The summed E-state index contributed by atoms with van der Waals surface area (Å²) in [5.74, 6) is -0.685. The number of carbonyl (C=O) groups excluding carboxylic acids is 1. The number of carbonyl (C=O) groups is 1. The number of hydrogen-bond acceptors (Lipinski definition) is 5. The molecule has 154 valence electrons. The number of halogens is 3. The van der Waals surface area contributed by atoms with Crippen LogP contribution in [0, 0.1) is 0 Å². The van der Waals surface area contributed by atoms with Crippen LogP contribution in [0.1, 0.15) is 23.2 Å². The maximum absolute atomic E-state index is 12.4. The number of anilines is 1. The zero-order valence-electron chi connectivity index (χ0n) is 14.9. The second-order valence-electron chi connectivity index (χ2n) is 6.09. The highest BCUT2D eigenvalue weighted by Crippen LogP contribution is 2.23. The third-order valence-electron chi connectivity index (χ3n) is 3.88. The summed E-state index contributed by atoms with van der Waals surface area (Å²) in [6.07, 6.45) is -3.50. The highest BCUT2D eigenvalue weighted by Gasteiger charge is 2.31. The first-order chi connectivity index (χ1) is 13.6. The van der Waals surface area contributed by atoms with Crippen molar-refractivity contribution in [3.63, 3.8) is 0 Å². The maximum atomic E-state index is 12.4. The van der Waals surface area contributed by atoms with E-state index in [-0.39, 0.29) is 16.1 Å². The van der Waals surface area contributed by atoms with Crippen LogP contribution in [0.15, 0.2) is 58.4 Å². The minimum absolute atomic E-state index is 0.0566. The molecule has 0 atom stereocenters. The molecule has 0 aliphatic carbocycles. The average Bonchev–Trinajstić information content (AvgIpc) is 3.13. The average molecular weight is 427 g/mol. The predicted octanol–water partition coefficient (Wildman–Crippen LogP) is 3.31. The van der Waals surface area contributed by atoms with Crippen molar-refractivity contribution in [3.8, 4) is 5.75 Å². The van der Waals surface area contributed by atoms with Crippen LogP contribution in [-0.4, -0.2) is 33.1 Å². The Morgan fingerprint density at radius 1 is 1.10 bits per heavy atom. The Labute approximate surface area is 164 Å². The van der Waals surface area contributed by atoms with Crippen LogP contribution in [0.2, 0.25) is 0 Å². The summed E-state index contributed by atoms with van der Waals surface area (Å²) in [7, 11) is -3.84. The smallest absolute Gasteiger partial charge is 0.406 e. The quantitative estimate of drug-likeness (QED) is 0.765. The maximum Gasteiger partial charge on any atom is 0.573 e. The van der Waals surface area contributed by atoms with Crippen molar-refractivity contribution in [3.05, 3.63) is 54.1 Å². The molecule has 0 saturated heterocycles. The number of alkyl halides is 3. The first kappa shape index (κ1) is 20.6. The fourth-order valence-corrected chi connectivity index (χ4v) is 3.72. The van der Waals surface area contributed by atoms with Gasteiger partial charge in [-0.25, -0.2) is 8.42 Å². The van der Waals surface area contributed by atoms with Crippen LogP contribution in [0.25, 0.3) is 0 Å². The lowest BCUT2D eigenvalue weighted by atomic mass is 10.2. The van der Waals surface area contributed by atoms with E-state index in [0.717, 1.165) is 30.7 Å². The normalized spacial score (nSPS) is 14.2. The number of aliphatic imine (C=N–C) groups is 1. The Morgan fingerprint density at radius 2 is 1.83 bits per heavy atom. The number of rotatable bonds is 5. The molecule has 0 spiro atoms. The number of amides is 1. The molecule has 0 aromatic heterocycles. The second-order valence-corrected chi connectivity index (χ2v) is 7.77. The molecule has 1 aliphatic rings. The van der Waals surface area contributed by atoms with E-state index in [1.165, 1.54) is 24.3 Å². The van der Waals surface area contributed by atoms with E-state index in [0.29, 0.717) is 18.8 Å². The van der Waals surface area contributed by atoms with Crippen LogP contribution in [0.3, 0.4) is 0 Å². The van der Waals surface area contributed by atoms with E-state index < -0.39 is 28.0 Å². The number of nitrogens with one attached hydrogen (secondary N) is 2. The number of ether oxygens (including phenoxy) is 1. The van der Waals surface area contributed by atoms with Gasteiger partial charge in [0.2, 0.25) is 0 Å². The topological polar surface area (TPSA) is 96.9 Å². The third kappa shape index (κ3) is 5.70. The van der Waals surface area contributed by atoms with E-state index in [1.54, 1.807) is 0 Å². The van der Waals surface area contributed by atoms with Crippen molar-refractivity contribution >= 4 is 27.5 Å². The number of amidine groups is 1. The Kier molecular flexibility index (Phi) is 5.78. The van der Waals surface area contributed by atoms with Gasteiger partial charge in [0.15, 0.2) is 0 Å². The van der Waals surface area contributed by atoms with Gasteiger partial charge in [-0.05, 0) is 48.9 Å². The van der Waals surface area contributed by atoms with Crippen LogP contribution >= 0.6 is 0 Å². The summed E-state index contributed by atoms with van der Waals surface area (Å²) < 4.78 is 67.6. The first-order valence-corrected chi connectivity index (χ1v) is 9.94. The molecule has 2 aromatic carbocycles. The number of sulfonamides is 1. The number of nitrogens with zero attached hydrogens (tertiary/aromatic N) is 1. The van der Waals surface area contributed by atoms with E-state index in [1.807, 2.05) is 0 Å². The van der Waals surface area contributed by atoms with Crippen LogP contribution in [0.4, 0.5) is 18.9 Å². The number of hydrogen-bond donors (Lipinski definition) is 2. The van der Waals surface area contributed by atoms with Crippen LogP contribution < -0.4 is 14.8 Å². The minimum atomic E-state index is -4.83. The van der Waals surface area contributed by atoms with Gasteiger partial charge >= 0.3 is 6.36 Å². The lowest BCUT2D eigenvalue weighted by molar-refractivity contribution is -0.274. The molecule has 0 unspecified atom stereocenters. The molecule has 0 saturated carbocycles. The second kappa shape index (κ2) is 8.11. The van der Waals surface area contributed by atoms with Gasteiger partial charge < -0.3 is 10.1 Å². The Balaban J connectivity index is 1.70. The summed E-state index contributed by atoms with van der Waals surface area (Å²) in [6.45, 7) is 0.570. The summed E-state index contributed by atoms with van der Waals surface area (Å²) >= 11 is 0. The van der Waals surface area contributed by atoms with Crippen molar-refractivity contribution in [2.24, 2.45) is 4.99 Å². The molecule has 3 rings (SSSR count). The van der Waals surface area contributed by atoms with Gasteiger partial charge in [-0.1, -0.05) is 6.07 Å². The zero-order chi connectivity index (χ0) is 21.1. The monoisotopic (exact) mass is 427 g/mol. The van der Waals surface area contributed by atoms with Gasteiger partial charge in [-0.15, -0.1) is 13.2 Å². The molecule has 1 aliphatic heterocycles. The summed E-state index contributed by atoms with van der Waals surface area (Å²) in [5, 5.41) is 2.51. The predicted molar refractivity (Wildman–Crippen MR) is 99.4 cm³/mol. The third-order valence-corrected chi connectivity index (χ3v) is 5.26. The van der Waals surface area contributed by atoms with Crippen LogP contribution in [-0.2, 0) is 10.0 Å². The summed E-state index contributed by atoms with van der Waals surface area (Å²) in [4.78, 5) is 16.3. The summed E-state index contributed by atoms with van der Waals surface area (Å²) in [5.41, 5.74) is 0.285. The molecular formula is C18H16F3N3O4S. The van der Waals surface area contributed by atoms with Crippen LogP contribution in [0.5, 0.6) is 5.75 Å². The molecule has 11 heteroatoms. The summed E-state index contributed by atoms with van der Waals surface area (Å²) in [6, 6.07) is 9.94. The zero-order valence-corrected chi connectivity index (χ0v) is 15.7. The van der Waals surface area contributed by atoms with Crippen molar-refractivity contribution in [1.82, 2.24) is 4.72 Å². The number of benzene rings is 2. The van der Waals surface area contributed by atoms with Crippen molar-refractivity contribution in [1.29, 1.82) is 0 Å². The Bertz CT molecular complexity index is 1040. The molecule has 29 heavy (non-hydrogen) atoms. The fraction of sp³-hybridized carbons (Fsp3) is 0.222. The van der Waals surface area contributed by atoms with Gasteiger partial charge in [0, 0.05) is 24.2 Å². The SMILES string of the molecule is O=C(Nc1cccc(S(=O)(=O)NC2=NCCC2)c1)c1ccc(OC(F)(F)F)cc1. The van der Waals surface area contributed by atoms with E-state index in [4.69, 9.17) is 0 Å². The molecule has 7 nitrogen and oxygen atoms in total. The highest BCUT2D eigenvalue weighted by atomic mass is 32.2. The lowest BCUT2D eigenvalue weighted by Crippen LogP contribution is -2.29. The van der Waals surface area contributed by atoms with Crippen molar-refractivity contribution in [2.75, 3.05) is 11.9 Å². The molecule has 1 heterocycles. The largest absolute Gasteiger partial charge is 0.573 e. The Morgan fingerprint density at radius 3 is 2.45 bits per heavy atom. The molecule has 1 amide bonds. The van der Waals surface area contributed by atoms with Gasteiger partial charge in [0.1, 0.15) is 11.6 Å². The lowest BCUT2D eigenvalue weighted by Gasteiger charge is -2.11. The molecule has 0 radical (unpaired) electrons. The van der Waals surface area contributed by atoms with Crippen molar-refractivity contribution in [2.45, 2.75) is 24.1 Å². The molecule has 2 aromatic rings.